The lowest BCUT2D eigenvalue weighted by Gasteiger charge is -2.19. The molecule has 0 saturated heterocycles. The molecule has 0 aliphatic heterocycles. The molecule has 150 valence electrons. The van der Waals surface area contributed by atoms with E-state index in [9.17, 15) is 5.11 Å². The normalized spacial score (nSPS) is 12.2. The Bertz CT molecular complexity index is 1160. The Balaban J connectivity index is 1.52. The molecule has 2 heterocycles. The van der Waals surface area contributed by atoms with E-state index in [2.05, 4.69) is 36.1 Å². The summed E-state index contributed by atoms with van der Waals surface area (Å²) in [4.78, 5) is 0. The van der Waals surface area contributed by atoms with Crippen LogP contribution in [0.3, 0.4) is 0 Å². The van der Waals surface area contributed by atoms with E-state index in [1.807, 2.05) is 54.6 Å². The number of rotatable bonds is 4. The average molecular weight is 398 g/mol. The molecule has 4 aromatic rings. The van der Waals surface area contributed by atoms with Gasteiger partial charge in [-0.15, -0.1) is 10.2 Å². The van der Waals surface area contributed by atoms with E-state index < -0.39 is 0 Å². The molecule has 2 aromatic carbocycles. The first-order chi connectivity index (χ1) is 14.4. The van der Waals surface area contributed by atoms with Gasteiger partial charge in [0.15, 0.2) is 0 Å². The van der Waals surface area contributed by atoms with Crippen molar-refractivity contribution < 1.29 is 14.2 Å². The Labute approximate surface area is 175 Å². The van der Waals surface area contributed by atoms with Crippen LogP contribution in [-0.2, 0) is 5.41 Å². The molecule has 0 N–H and O–H groups in total. The van der Waals surface area contributed by atoms with Gasteiger partial charge in [-0.05, 0) is 33.8 Å². The van der Waals surface area contributed by atoms with Crippen LogP contribution in [0.2, 0.25) is 0 Å². The highest BCUT2D eigenvalue weighted by Gasteiger charge is 2.14. The third-order valence-corrected chi connectivity index (χ3v) is 4.71. The van der Waals surface area contributed by atoms with Gasteiger partial charge in [-0.25, -0.2) is 0 Å². The predicted molar refractivity (Wildman–Crippen MR) is 112 cm³/mol. The van der Waals surface area contributed by atoms with Crippen LogP contribution >= 0.6 is 0 Å². The van der Waals surface area contributed by atoms with Gasteiger partial charge >= 0.3 is 0 Å². The van der Waals surface area contributed by atoms with Gasteiger partial charge in [0.2, 0.25) is 24.2 Å². The van der Waals surface area contributed by atoms with E-state index in [0.717, 1.165) is 11.1 Å². The number of hydrogen-bond acceptors (Lipinski definition) is 5. The molecule has 4 rings (SSSR count). The van der Waals surface area contributed by atoms with Crippen LogP contribution in [0.5, 0.6) is 0 Å². The molecule has 0 spiro atoms. The fourth-order valence-electron chi connectivity index (χ4n) is 2.94. The molecule has 0 radical (unpaired) electrons. The lowest BCUT2D eigenvalue weighted by molar-refractivity contribution is -0.681. The van der Waals surface area contributed by atoms with Gasteiger partial charge in [-0.1, -0.05) is 67.9 Å². The highest BCUT2D eigenvalue weighted by Crippen LogP contribution is 2.23. The van der Waals surface area contributed by atoms with E-state index >= 15 is 0 Å². The third kappa shape index (κ3) is 4.27. The maximum atomic E-state index is 12.5. The van der Waals surface area contributed by atoms with Gasteiger partial charge in [-0.2, -0.15) is 0 Å². The summed E-state index contributed by atoms with van der Waals surface area (Å²) in [7, 11) is 0. The second-order valence-electron chi connectivity index (χ2n) is 7.98. The van der Waals surface area contributed by atoms with Crippen LogP contribution in [0.4, 0.5) is 0 Å². The Morgan fingerprint density at radius 2 is 1.40 bits per heavy atom. The average Bonchev–Trinajstić information content (AvgIpc) is 3.25. The Morgan fingerprint density at radius 3 is 1.97 bits per heavy atom. The van der Waals surface area contributed by atoms with Crippen molar-refractivity contribution in [1.82, 2.24) is 10.2 Å². The number of hydrogen-bond donors (Lipinski definition) is 0. The molecule has 0 bridgehead atoms. The summed E-state index contributed by atoms with van der Waals surface area (Å²) in [5, 5.41) is 24.8. The molecule has 0 amide bonds. The third-order valence-electron chi connectivity index (χ3n) is 4.71. The molecule has 2 aromatic heterocycles. The lowest BCUT2D eigenvalue weighted by Crippen LogP contribution is -2.33. The molecule has 0 saturated carbocycles. The van der Waals surface area contributed by atoms with Crippen LogP contribution < -0.4 is 9.78 Å². The van der Waals surface area contributed by atoms with E-state index in [1.165, 1.54) is 10.2 Å². The summed E-state index contributed by atoms with van der Waals surface area (Å²) in [6.07, 6.45) is 3.37. The van der Waals surface area contributed by atoms with E-state index in [1.54, 1.807) is 24.5 Å². The van der Waals surface area contributed by atoms with Crippen molar-refractivity contribution >= 4 is 5.90 Å². The van der Waals surface area contributed by atoms with E-state index in [0.29, 0.717) is 17.3 Å². The van der Waals surface area contributed by atoms with E-state index in [-0.39, 0.29) is 11.3 Å². The summed E-state index contributed by atoms with van der Waals surface area (Å²) in [5.74, 6) is 0.559. The van der Waals surface area contributed by atoms with Crippen molar-refractivity contribution in [2.45, 2.75) is 26.2 Å². The van der Waals surface area contributed by atoms with Crippen molar-refractivity contribution in [3.05, 3.63) is 90.3 Å². The van der Waals surface area contributed by atoms with Crippen molar-refractivity contribution in [1.29, 1.82) is 0 Å². The maximum absolute atomic E-state index is 12.5. The Morgan fingerprint density at radius 1 is 0.833 bits per heavy atom. The fourth-order valence-corrected chi connectivity index (χ4v) is 2.94. The van der Waals surface area contributed by atoms with Crippen LogP contribution in [0, 0.1) is 0 Å². The molecule has 0 aliphatic rings. The van der Waals surface area contributed by atoms with Gasteiger partial charge < -0.3 is 9.52 Å². The maximum Gasteiger partial charge on any atom is 0.248 e. The van der Waals surface area contributed by atoms with E-state index in [4.69, 9.17) is 4.42 Å². The zero-order chi connectivity index (χ0) is 21.1. The number of benzene rings is 2. The van der Waals surface area contributed by atoms with Crippen LogP contribution in [0.25, 0.3) is 22.9 Å². The topological polar surface area (TPSA) is 78.2 Å². The molecular weight excluding hydrogens is 376 g/mol. The van der Waals surface area contributed by atoms with Gasteiger partial charge in [0.05, 0.1) is 11.5 Å². The minimum Gasteiger partial charge on any atom is -0.854 e. The van der Waals surface area contributed by atoms with Gasteiger partial charge in [0.25, 0.3) is 0 Å². The van der Waals surface area contributed by atoms with Gasteiger partial charge in [0.1, 0.15) is 0 Å². The molecule has 30 heavy (non-hydrogen) atoms. The summed E-state index contributed by atoms with van der Waals surface area (Å²) in [6, 6.07) is 20.7. The largest absolute Gasteiger partial charge is 0.854 e. The summed E-state index contributed by atoms with van der Waals surface area (Å²) < 4.78 is 7.23. The summed E-state index contributed by atoms with van der Waals surface area (Å²) in [6.45, 7) is 6.41. The van der Waals surface area contributed by atoms with Crippen LogP contribution in [0.15, 0.2) is 88.6 Å². The first-order valence-corrected chi connectivity index (χ1v) is 9.68. The predicted octanol–water partition coefficient (Wildman–Crippen LogP) is 3.56. The lowest BCUT2D eigenvalue weighted by atomic mass is 9.87. The molecular formula is C24H22N4O2. The molecule has 0 aliphatic carbocycles. The quantitative estimate of drug-likeness (QED) is 0.299. The Hall–Kier alpha value is -3.80. The van der Waals surface area contributed by atoms with Crippen LogP contribution in [-0.4, -0.2) is 16.1 Å². The summed E-state index contributed by atoms with van der Waals surface area (Å²) in [5.41, 5.74) is 3.37. The zero-order valence-electron chi connectivity index (χ0n) is 17.1. The molecule has 0 atom stereocenters. The minimum absolute atomic E-state index is 0.0401. The van der Waals surface area contributed by atoms with Gasteiger partial charge in [-0.3, -0.25) is 0 Å². The molecule has 6 nitrogen and oxygen atoms in total. The highest BCUT2D eigenvalue weighted by molar-refractivity contribution is 5.90. The van der Waals surface area contributed by atoms with Gasteiger partial charge in [0, 0.05) is 17.7 Å². The molecule has 6 heteroatoms. The first-order valence-electron chi connectivity index (χ1n) is 9.68. The monoisotopic (exact) mass is 398 g/mol. The number of pyridine rings is 1. The number of nitrogens with zero attached hydrogens (tertiary/aromatic N) is 4. The Kier molecular flexibility index (Phi) is 5.14. The van der Waals surface area contributed by atoms with Crippen molar-refractivity contribution in [2.75, 3.05) is 0 Å². The zero-order valence-corrected chi connectivity index (χ0v) is 17.1. The molecule has 0 unspecified atom stereocenters. The highest BCUT2D eigenvalue weighted by atomic mass is 16.4. The standard InChI is InChI=1S/C24H22N4O2/c1-24(2,3)20-11-9-17(10-12-20)21(29)27-28-15-13-19(14-16-28)23-26-25-22(30-23)18-7-5-4-6-8-18/h4-16H,1-3H3. The summed E-state index contributed by atoms with van der Waals surface area (Å²) >= 11 is 0. The van der Waals surface area contributed by atoms with Crippen molar-refractivity contribution in [3.8, 4) is 22.9 Å². The minimum atomic E-state index is -0.308. The number of aromatic nitrogens is 3. The van der Waals surface area contributed by atoms with Crippen molar-refractivity contribution in [3.63, 3.8) is 0 Å². The van der Waals surface area contributed by atoms with Crippen molar-refractivity contribution in [2.24, 2.45) is 5.10 Å². The first kappa shape index (κ1) is 19.5. The SMILES string of the molecule is CC(C)(C)c1ccc(/C([O-])=N/[n+]2ccc(-c3nnc(-c4ccccc4)o3)cc2)cc1. The second-order valence-corrected chi connectivity index (χ2v) is 7.98. The van der Waals surface area contributed by atoms with Crippen LogP contribution in [0.1, 0.15) is 31.9 Å². The smallest absolute Gasteiger partial charge is 0.248 e. The molecule has 0 fully saturated rings. The fraction of sp³-hybridized carbons (Fsp3) is 0.167. The second kappa shape index (κ2) is 7.91.